The molecule has 0 aromatic carbocycles. The van der Waals surface area contributed by atoms with Gasteiger partial charge in [0.15, 0.2) is 5.82 Å². The Bertz CT molecular complexity index is 734. The first-order valence-corrected chi connectivity index (χ1v) is 8.96. The lowest BCUT2D eigenvalue weighted by molar-refractivity contribution is -0.135. The fourth-order valence-electron chi connectivity index (χ4n) is 3.89. The minimum absolute atomic E-state index is 0.0559. The average molecular weight is 344 g/mol. The van der Waals surface area contributed by atoms with Crippen molar-refractivity contribution in [3.63, 3.8) is 0 Å². The number of aromatic nitrogens is 5. The van der Waals surface area contributed by atoms with Crippen LogP contribution in [0.4, 0.5) is 0 Å². The zero-order chi connectivity index (χ0) is 17.3. The number of fused-ring (bicyclic) bond motifs is 1. The number of hydrogen-bond donors (Lipinski definition) is 1. The summed E-state index contributed by atoms with van der Waals surface area (Å²) in [5.41, 5.74) is -0.806. The molecule has 1 aliphatic carbocycles. The highest BCUT2D eigenvalue weighted by Gasteiger charge is 2.43. The molecule has 25 heavy (non-hydrogen) atoms. The second-order valence-corrected chi connectivity index (χ2v) is 7.08. The smallest absolute Gasteiger partial charge is 0.248 e. The van der Waals surface area contributed by atoms with Crippen molar-refractivity contribution in [1.29, 1.82) is 0 Å². The Morgan fingerprint density at radius 1 is 1.40 bits per heavy atom. The average Bonchev–Trinajstić information content (AvgIpc) is 3.36. The van der Waals surface area contributed by atoms with E-state index in [9.17, 15) is 4.79 Å². The van der Waals surface area contributed by atoms with E-state index in [1.165, 1.54) is 12.8 Å². The first-order valence-electron chi connectivity index (χ1n) is 8.96. The van der Waals surface area contributed by atoms with Crippen molar-refractivity contribution < 1.29 is 9.53 Å². The van der Waals surface area contributed by atoms with Gasteiger partial charge in [-0.1, -0.05) is 12.8 Å². The fourth-order valence-corrected chi connectivity index (χ4v) is 3.89. The predicted octanol–water partition coefficient (Wildman–Crippen LogP) is 1.19. The molecule has 2 aromatic heterocycles. The van der Waals surface area contributed by atoms with E-state index in [0.717, 1.165) is 24.5 Å². The molecule has 134 valence electrons. The van der Waals surface area contributed by atoms with Crippen LogP contribution in [0.5, 0.6) is 0 Å². The van der Waals surface area contributed by atoms with E-state index in [1.807, 2.05) is 23.8 Å². The van der Waals surface area contributed by atoms with E-state index in [4.69, 9.17) is 4.74 Å². The third kappa shape index (κ3) is 2.95. The molecule has 1 saturated carbocycles. The third-order valence-electron chi connectivity index (χ3n) is 5.26. The molecule has 0 saturated heterocycles. The number of carbonyl (C=O) groups excluding carboxylic acids is 1. The summed E-state index contributed by atoms with van der Waals surface area (Å²) in [6.07, 6.45) is 8.29. The molecule has 1 amide bonds. The highest BCUT2D eigenvalue weighted by atomic mass is 16.5. The van der Waals surface area contributed by atoms with Gasteiger partial charge < -0.3 is 10.1 Å². The molecule has 0 spiro atoms. The highest BCUT2D eigenvalue weighted by molar-refractivity contribution is 5.84. The Hall–Kier alpha value is -2.22. The van der Waals surface area contributed by atoms with Gasteiger partial charge in [0, 0.05) is 24.9 Å². The molecule has 2 aliphatic rings. The van der Waals surface area contributed by atoms with Crippen molar-refractivity contribution in [2.45, 2.75) is 57.2 Å². The number of amides is 1. The normalized spacial score (nSPS) is 23.6. The molecule has 1 aliphatic heterocycles. The van der Waals surface area contributed by atoms with Crippen LogP contribution < -0.4 is 5.32 Å². The molecule has 8 heteroatoms. The zero-order valence-electron chi connectivity index (χ0n) is 14.5. The molecule has 1 unspecified atom stereocenters. The quantitative estimate of drug-likeness (QED) is 0.880. The summed E-state index contributed by atoms with van der Waals surface area (Å²) >= 11 is 0. The Balaban J connectivity index is 1.53. The molecule has 8 nitrogen and oxygen atoms in total. The molecule has 2 aromatic rings. The Labute approximate surface area is 146 Å². The van der Waals surface area contributed by atoms with Gasteiger partial charge in [0.1, 0.15) is 18.0 Å². The van der Waals surface area contributed by atoms with Gasteiger partial charge in [-0.2, -0.15) is 5.10 Å². The largest absolute Gasteiger partial charge is 0.370 e. The van der Waals surface area contributed by atoms with Gasteiger partial charge in [0.05, 0.1) is 13.2 Å². The van der Waals surface area contributed by atoms with E-state index in [1.54, 1.807) is 10.9 Å². The van der Waals surface area contributed by atoms with Gasteiger partial charge in [-0.05, 0) is 25.8 Å². The number of carbonyl (C=O) groups is 1. The number of hydrogen-bond acceptors (Lipinski definition) is 5. The van der Waals surface area contributed by atoms with Crippen molar-refractivity contribution in [3.05, 3.63) is 30.1 Å². The summed E-state index contributed by atoms with van der Waals surface area (Å²) in [6.45, 7) is 3.83. The molecule has 1 N–H and O–H groups in total. The summed E-state index contributed by atoms with van der Waals surface area (Å²) < 4.78 is 9.50. The van der Waals surface area contributed by atoms with Gasteiger partial charge >= 0.3 is 0 Å². The Morgan fingerprint density at radius 3 is 3.00 bits per heavy atom. The van der Waals surface area contributed by atoms with Crippen molar-refractivity contribution >= 4 is 5.91 Å². The topological polar surface area (TPSA) is 86.9 Å². The van der Waals surface area contributed by atoms with E-state index in [0.29, 0.717) is 32.2 Å². The van der Waals surface area contributed by atoms with Crippen LogP contribution in [0.25, 0.3) is 0 Å². The van der Waals surface area contributed by atoms with E-state index in [2.05, 4.69) is 20.6 Å². The molecule has 1 fully saturated rings. The standard InChI is InChI=1S/C17H24N6O2/c1-17(16(24)18-8-10-22-9-4-7-19-22)12-25-11-14-20-21-15(23(14)17)13-5-2-3-6-13/h4,7,9,13H,2-3,5-6,8,10-12H2,1H3,(H,18,24). The number of ether oxygens (including phenoxy) is 1. The SMILES string of the molecule is CC1(C(=O)NCCn2cccn2)COCc2nnc(C3CCCC3)n21. The van der Waals surface area contributed by atoms with Crippen LogP contribution in [0.1, 0.15) is 50.2 Å². The summed E-state index contributed by atoms with van der Waals surface area (Å²) in [5, 5.41) is 15.9. The van der Waals surface area contributed by atoms with Crippen molar-refractivity contribution in [3.8, 4) is 0 Å². The summed E-state index contributed by atoms with van der Waals surface area (Å²) in [6, 6.07) is 1.87. The van der Waals surface area contributed by atoms with Gasteiger partial charge in [0.2, 0.25) is 5.91 Å². The summed E-state index contributed by atoms with van der Waals surface area (Å²) in [7, 11) is 0. The van der Waals surface area contributed by atoms with Crippen LogP contribution in [0, 0.1) is 0 Å². The number of nitrogens with zero attached hydrogens (tertiary/aromatic N) is 5. The summed E-state index contributed by atoms with van der Waals surface area (Å²) in [4.78, 5) is 13.0. The van der Waals surface area contributed by atoms with Crippen molar-refractivity contribution in [2.75, 3.05) is 13.2 Å². The molecule has 3 heterocycles. The van der Waals surface area contributed by atoms with Crippen LogP contribution in [0.3, 0.4) is 0 Å². The van der Waals surface area contributed by atoms with Crippen LogP contribution in [-0.4, -0.2) is 43.6 Å². The van der Waals surface area contributed by atoms with Crippen molar-refractivity contribution in [1.82, 2.24) is 29.9 Å². The molecule has 4 rings (SSSR count). The first kappa shape index (κ1) is 16.3. The fraction of sp³-hybridized carbons (Fsp3) is 0.647. The van der Waals surface area contributed by atoms with Crippen LogP contribution in [0.15, 0.2) is 18.5 Å². The lowest BCUT2D eigenvalue weighted by atomic mass is 9.98. The van der Waals surface area contributed by atoms with Crippen molar-refractivity contribution in [2.24, 2.45) is 0 Å². The molecular formula is C17H24N6O2. The Kier molecular flexibility index (Phi) is 4.29. The van der Waals surface area contributed by atoms with Crippen LogP contribution >= 0.6 is 0 Å². The molecular weight excluding hydrogens is 320 g/mol. The maximum absolute atomic E-state index is 13.0. The predicted molar refractivity (Wildman–Crippen MR) is 89.8 cm³/mol. The first-order chi connectivity index (χ1) is 12.2. The molecule has 0 bridgehead atoms. The maximum Gasteiger partial charge on any atom is 0.248 e. The third-order valence-corrected chi connectivity index (χ3v) is 5.26. The minimum atomic E-state index is -0.806. The zero-order valence-corrected chi connectivity index (χ0v) is 14.5. The van der Waals surface area contributed by atoms with E-state index in [-0.39, 0.29) is 5.91 Å². The number of rotatable bonds is 5. The molecule has 1 atom stereocenters. The van der Waals surface area contributed by atoms with E-state index >= 15 is 0 Å². The highest BCUT2D eigenvalue weighted by Crippen LogP contribution is 2.37. The van der Waals surface area contributed by atoms with Gasteiger partial charge in [-0.25, -0.2) is 0 Å². The Morgan fingerprint density at radius 2 is 2.24 bits per heavy atom. The second kappa shape index (κ2) is 6.59. The maximum atomic E-state index is 13.0. The van der Waals surface area contributed by atoms with Crippen LogP contribution in [0.2, 0.25) is 0 Å². The lowest BCUT2D eigenvalue weighted by Crippen LogP contribution is -2.53. The monoisotopic (exact) mass is 344 g/mol. The molecule has 0 radical (unpaired) electrons. The minimum Gasteiger partial charge on any atom is -0.370 e. The second-order valence-electron chi connectivity index (χ2n) is 7.08. The lowest BCUT2D eigenvalue weighted by Gasteiger charge is -2.35. The summed E-state index contributed by atoms with van der Waals surface area (Å²) in [5.74, 6) is 2.04. The van der Waals surface area contributed by atoms with Crippen LogP contribution in [-0.2, 0) is 28.2 Å². The number of nitrogens with one attached hydrogen (secondary N) is 1. The van der Waals surface area contributed by atoms with Gasteiger partial charge in [-0.3, -0.25) is 14.0 Å². The van der Waals surface area contributed by atoms with E-state index < -0.39 is 5.54 Å². The van der Waals surface area contributed by atoms with Gasteiger partial charge in [-0.15, -0.1) is 10.2 Å². The van der Waals surface area contributed by atoms with Gasteiger partial charge in [0.25, 0.3) is 0 Å².